The monoisotopic (exact) mass is 445 g/mol. The number of carbonyl (C=O) groups is 1. The standard InChI is InChI=1S/C23H31N3O4S/c1-17-9-10-19(31(28,29)25-23(2,3)4)15-20(17)22(27)24-21-8-6-5-7-18(21)16-26-11-13-30-14-12-26/h5-10,15,25H,11-14,16H2,1-4H3,(H,24,27). The number of carbonyl (C=O) groups excluding carboxylic acids is 1. The molecule has 1 fully saturated rings. The third-order valence-electron chi connectivity index (χ3n) is 4.97. The van der Waals surface area contributed by atoms with Crippen molar-refractivity contribution in [3.63, 3.8) is 0 Å². The topological polar surface area (TPSA) is 87.7 Å². The number of sulfonamides is 1. The van der Waals surface area contributed by atoms with Crippen molar-refractivity contribution in [3.05, 3.63) is 59.2 Å². The maximum absolute atomic E-state index is 13.1. The van der Waals surface area contributed by atoms with Crippen molar-refractivity contribution in [1.82, 2.24) is 9.62 Å². The predicted octanol–water partition coefficient (Wildman–Crippen LogP) is 3.16. The van der Waals surface area contributed by atoms with E-state index in [2.05, 4.69) is 14.9 Å². The number of rotatable bonds is 6. The molecule has 1 aliphatic heterocycles. The van der Waals surface area contributed by atoms with Gasteiger partial charge in [-0.25, -0.2) is 13.1 Å². The highest BCUT2D eigenvalue weighted by atomic mass is 32.2. The number of nitrogens with one attached hydrogen (secondary N) is 2. The summed E-state index contributed by atoms with van der Waals surface area (Å²) in [5.41, 5.74) is 2.15. The van der Waals surface area contributed by atoms with E-state index in [1.165, 1.54) is 12.1 Å². The largest absolute Gasteiger partial charge is 0.379 e. The molecule has 2 N–H and O–H groups in total. The fraction of sp³-hybridized carbons (Fsp3) is 0.435. The van der Waals surface area contributed by atoms with E-state index < -0.39 is 15.6 Å². The Morgan fingerprint density at radius 3 is 2.45 bits per heavy atom. The summed E-state index contributed by atoms with van der Waals surface area (Å²) in [6.45, 7) is 10.9. The molecule has 1 saturated heterocycles. The minimum Gasteiger partial charge on any atom is -0.379 e. The van der Waals surface area contributed by atoms with E-state index in [1.54, 1.807) is 33.8 Å². The molecule has 1 heterocycles. The zero-order chi connectivity index (χ0) is 22.6. The van der Waals surface area contributed by atoms with Crippen LogP contribution in [0.1, 0.15) is 42.3 Å². The van der Waals surface area contributed by atoms with E-state index in [0.717, 1.165) is 24.3 Å². The Balaban J connectivity index is 1.83. The summed E-state index contributed by atoms with van der Waals surface area (Å²) in [7, 11) is -3.74. The van der Waals surface area contributed by atoms with E-state index >= 15 is 0 Å². The normalized spacial score (nSPS) is 15.6. The molecule has 31 heavy (non-hydrogen) atoms. The minimum atomic E-state index is -3.74. The second-order valence-electron chi connectivity index (χ2n) is 8.83. The van der Waals surface area contributed by atoms with Gasteiger partial charge in [-0.3, -0.25) is 9.69 Å². The van der Waals surface area contributed by atoms with Gasteiger partial charge in [0.25, 0.3) is 5.91 Å². The van der Waals surface area contributed by atoms with Gasteiger partial charge in [-0.15, -0.1) is 0 Å². The van der Waals surface area contributed by atoms with E-state index in [-0.39, 0.29) is 10.8 Å². The summed E-state index contributed by atoms with van der Waals surface area (Å²) >= 11 is 0. The molecule has 0 saturated carbocycles. The van der Waals surface area contributed by atoms with Gasteiger partial charge in [0.1, 0.15) is 0 Å². The maximum Gasteiger partial charge on any atom is 0.255 e. The minimum absolute atomic E-state index is 0.0692. The van der Waals surface area contributed by atoms with Crippen LogP contribution in [0.5, 0.6) is 0 Å². The summed E-state index contributed by atoms with van der Waals surface area (Å²) in [5, 5.41) is 2.97. The smallest absolute Gasteiger partial charge is 0.255 e. The Morgan fingerprint density at radius 2 is 1.77 bits per heavy atom. The zero-order valence-corrected chi connectivity index (χ0v) is 19.4. The number of hydrogen-bond donors (Lipinski definition) is 2. The molecule has 0 radical (unpaired) electrons. The lowest BCUT2D eigenvalue weighted by atomic mass is 10.1. The SMILES string of the molecule is Cc1ccc(S(=O)(=O)NC(C)(C)C)cc1C(=O)Nc1ccccc1CN1CCOCC1. The van der Waals surface area contributed by atoms with Crippen LogP contribution in [0.3, 0.4) is 0 Å². The van der Waals surface area contributed by atoms with Gasteiger partial charge in [-0.1, -0.05) is 24.3 Å². The van der Waals surface area contributed by atoms with Crippen LogP contribution in [-0.4, -0.2) is 51.1 Å². The molecule has 2 aromatic rings. The van der Waals surface area contributed by atoms with Gasteiger partial charge < -0.3 is 10.1 Å². The Kier molecular flexibility index (Phi) is 7.16. The molecule has 8 heteroatoms. The highest BCUT2D eigenvalue weighted by molar-refractivity contribution is 7.89. The van der Waals surface area contributed by atoms with Crippen molar-refractivity contribution in [1.29, 1.82) is 0 Å². The van der Waals surface area contributed by atoms with Crippen LogP contribution in [-0.2, 0) is 21.3 Å². The molecule has 1 amide bonds. The summed E-state index contributed by atoms with van der Waals surface area (Å²) in [5.74, 6) is -0.334. The second-order valence-corrected chi connectivity index (χ2v) is 10.5. The number of morpholine rings is 1. The Labute approximate surface area is 184 Å². The first-order chi connectivity index (χ1) is 14.5. The van der Waals surface area contributed by atoms with Gasteiger partial charge in [0.2, 0.25) is 10.0 Å². The molecule has 168 valence electrons. The lowest BCUT2D eigenvalue weighted by Crippen LogP contribution is -2.40. The van der Waals surface area contributed by atoms with E-state index in [9.17, 15) is 13.2 Å². The Bertz CT molecular complexity index is 1040. The highest BCUT2D eigenvalue weighted by Crippen LogP contribution is 2.22. The third-order valence-corrected chi connectivity index (χ3v) is 6.72. The molecule has 2 aromatic carbocycles. The van der Waals surface area contributed by atoms with Gasteiger partial charge in [0.15, 0.2) is 0 Å². The van der Waals surface area contributed by atoms with E-state index in [0.29, 0.717) is 30.9 Å². The first-order valence-corrected chi connectivity index (χ1v) is 11.9. The van der Waals surface area contributed by atoms with Crippen molar-refractivity contribution in [2.75, 3.05) is 31.6 Å². The van der Waals surface area contributed by atoms with Gasteiger partial charge in [-0.05, 0) is 57.0 Å². The van der Waals surface area contributed by atoms with Crippen LogP contribution in [0.15, 0.2) is 47.4 Å². The van der Waals surface area contributed by atoms with Crippen LogP contribution in [0.4, 0.5) is 5.69 Å². The number of aryl methyl sites for hydroxylation is 1. The molecule has 1 aliphatic rings. The van der Waals surface area contributed by atoms with Crippen molar-refractivity contribution in [2.45, 2.75) is 44.7 Å². The molecule has 3 rings (SSSR count). The number of hydrogen-bond acceptors (Lipinski definition) is 5. The number of nitrogens with zero attached hydrogens (tertiary/aromatic N) is 1. The van der Waals surface area contributed by atoms with Gasteiger partial charge >= 0.3 is 0 Å². The van der Waals surface area contributed by atoms with Gasteiger partial charge in [0, 0.05) is 36.4 Å². The molecule has 0 atom stereocenters. The third kappa shape index (κ3) is 6.36. The van der Waals surface area contributed by atoms with Crippen LogP contribution < -0.4 is 10.0 Å². The summed E-state index contributed by atoms with van der Waals surface area (Å²) in [6.07, 6.45) is 0. The van der Waals surface area contributed by atoms with Crippen molar-refractivity contribution in [3.8, 4) is 0 Å². The Hall–Kier alpha value is -2.26. The molecular weight excluding hydrogens is 414 g/mol. The average molecular weight is 446 g/mol. The first kappa shape index (κ1) is 23.4. The molecular formula is C23H31N3O4S. The van der Waals surface area contributed by atoms with Gasteiger partial charge in [-0.2, -0.15) is 0 Å². The van der Waals surface area contributed by atoms with E-state index in [4.69, 9.17) is 4.74 Å². The molecule has 0 aliphatic carbocycles. The van der Waals surface area contributed by atoms with Crippen LogP contribution in [0.25, 0.3) is 0 Å². The predicted molar refractivity (Wildman–Crippen MR) is 122 cm³/mol. The quantitative estimate of drug-likeness (QED) is 0.713. The summed E-state index contributed by atoms with van der Waals surface area (Å²) < 4.78 is 33.5. The van der Waals surface area contributed by atoms with Crippen molar-refractivity contribution >= 4 is 21.6 Å². The summed E-state index contributed by atoms with van der Waals surface area (Å²) in [6, 6.07) is 12.3. The van der Waals surface area contributed by atoms with Crippen LogP contribution in [0.2, 0.25) is 0 Å². The lowest BCUT2D eigenvalue weighted by Gasteiger charge is -2.27. The number of benzene rings is 2. The average Bonchev–Trinajstić information content (AvgIpc) is 2.68. The molecule has 0 spiro atoms. The molecule has 7 nitrogen and oxygen atoms in total. The van der Waals surface area contributed by atoms with Crippen LogP contribution in [0, 0.1) is 6.92 Å². The number of anilines is 1. The first-order valence-electron chi connectivity index (χ1n) is 10.4. The Morgan fingerprint density at radius 1 is 1.10 bits per heavy atom. The molecule has 0 unspecified atom stereocenters. The van der Waals surface area contributed by atoms with E-state index in [1.807, 2.05) is 24.3 Å². The highest BCUT2D eigenvalue weighted by Gasteiger charge is 2.24. The number of amides is 1. The maximum atomic E-state index is 13.1. The number of ether oxygens (including phenoxy) is 1. The fourth-order valence-electron chi connectivity index (χ4n) is 3.44. The fourth-order valence-corrected chi connectivity index (χ4v) is 4.89. The van der Waals surface area contributed by atoms with Crippen molar-refractivity contribution < 1.29 is 17.9 Å². The zero-order valence-electron chi connectivity index (χ0n) is 18.6. The molecule has 0 bridgehead atoms. The second kappa shape index (κ2) is 9.48. The number of para-hydroxylation sites is 1. The molecule has 0 aromatic heterocycles. The van der Waals surface area contributed by atoms with Crippen LogP contribution >= 0.6 is 0 Å². The lowest BCUT2D eigenvalue weighted by molar-refractivity contribution is 0.0342. The van der Waals surface area contributed by atoms with Gasteiger partial charge in [0.05, 0.1) is 18.1 Å². The van der Waals surface area contributed by atoms with Crippen molar-refractivity contribution in [2.24, 2.45) is 0 Å². The summed E-state index contributed by atoms with van der Waals surface area (Å²) in [4.78, 5) is 15.4.